The van der Waals surface area contributed by atoms with Crippen LogP contribution in [0.5, 0.6) is 5.75 Å². The highest BCUT2D eigenvalue weighted by molar-refractivity contribution is 5.95. The summed E-state index contributed by atoms with van der Waals surface area (Å²) in [5.41, 5.74) is 0.869. The van der Waals surface area contributed by atoms with Gasteiger partial charge in [-0.25, -0.2) is 0 Å². The zero-order valence-electron chi connectivity index (χ0n) is 12.1. The molecule has 1 aliphatic heterocycles. The number of amides is 1. The van der Waals surface area contributed by atoms with Crippen molar-refractivity contribution in [3.05, 3.63) is 24.3 Å². The lowest BCUT2D eigenvalue weighted by molar-refractivity contribution is -0.138. The number of hydrogen-bond acceptors (Lipinski definition) is 3. The van der Waals surface area contributed by atoms with E-state index in [1.165, 1.54) is 0 Å². The molecule has 1 aromatic carbocycles. The number of anilines is 1. The fourth-order valence-electron chi connectivity index (χ4n) is 2.38. The van der Waals surface area contributed by atoms with E-state index < -0.39 is 0 Å². The normalized spacial score (nSPS) is 16.3. The molecule has 2 rings (SSSR count). The maximum Gasteiger partial charge on any atom is 0.314 e. The largest absolute Gasteiger partial charge is 0.426 e. The summed E-state index contributed by atoms with van der Waals surface area (Å²) >= 11 is 0. The molecule has 1 aromatic rings. The third kappa shape index (κ3) is 3.38. The number of benzene rings is 1. The second kappa shape index (κ2) is 6.55. The van der Waals surface area contributed by atoms with Crippen LogP contribution in [0.1, 0.15) is 39.5 Å². The van der Waals surface area contributed by atoms with Crippen LogP contribution in [0.25, 0.3) is 0 Å². The molecule has 0 aliphatic carbocycles. The van der Waals surface area contributed by atoms with E-state index in [1.54, 1.807) is 17.0 Å². The average molecular weight is 275 g/mol. The zero-order valence-corrected chi connectivity index (χ0v) is 12.1. The standard InChI is InChI=1S/C16H21NO3/c1-3-5-12(2)16(19)20-14-9-7-13(8-10-14)17-11-4-6-15(17)18/h7-10,12H,3-6,11H2,1-2H3. The minimum Gasteiger partial charge on any atom is -0.426 e. The summed E-state index contributed by atoms with van der Waals surface area (Å²) in [7, 11) is 0. The molecule has 4 heteroatoms. The van der Waals surface area contributed by atoms with Gasteiger partial charge in [0.25, 0.3) is 0 Å². The van der Waals surface area contributed by atoms with E-state index in [0.29, 0.717) is 12.2 Å². The number of ether oxygens (including phenoxy) is 1. The van der Waals surface area contributed by atoms with Gasteiger partial charge < -0.3 is 9.64 Å². The first-order valence-electron chi connectivity index (χ1n) is 7.24. The molecule has 0 spiro atoms. The van der Waals surface area contributed by atoms with E-state index in [4.69, 9.17) is 4.74 Å². The summed E-state index contributed by atoms with van der Waals surface area (Å²) in [4.78, 5) is 25.2. The molecule has 0 radical (unpaired) electrons. The molecule has 4 nitrogen and oxygen atoms in total. The second-order valence-electron chi connectivity index (χ2n) is 5.25. The summed E-state index contributed by atoms with van der Waals surface area (Å²) in [6.07, 6.45) is 3.32. The van der Waals surface area contributed by atoms with Gasteiger partial charge in [-0.05, 0) is 37.1 Å². The number of nitrogens with zero attached hydrogens (tertiary/aromatic N) is 1. The van der Waals surface area contributed by atoms with Gasteiger partial charge in [0.15, 0.2) is 0 Å². The molecule has 0 N–H and O–H groups in total. The lowest BCUT2D eigenvalue weighted by atomic mass is 10.1. The first-order valence-corrected chi connectivity index (χ1v) is 7.24. The topological polar surface area (TPSA) is 46.6 Å². The fraction of sp³-hybridized carbons (Fsp3) is 0.500. The van der Waals surface area contributed by atoms with Gasteiger partial charge in [0.1, 0.15) is 5.75 Å². The molecule has 1 aliphatic rings. The lowest BCUT2D eigenvalue weighted by Gasteiger charge is -2.16. The molecular formula is C16H21NO3. The Morgan fingerprint density at radius 3 is 2.60 bits per heavy atom. The number of hydrogen-bond donors (Lipinski definition) is 0. The van der Waals surface area contributed by atoms with Crippen LogP contribution in [-0.4, -0.2) is 18.4 Å². The van der Waals surface area contributed by atoms with Crippen molar-refractivity contribution in [3.63, 3.8) is 0 Å². The highest BCUT2D eigenvalue weighted by atomic mass is 16.5. The highest BCUT2D eigenvalue weighted by Gasteiger charge is 2.21. The molecule has 1 fully saturated rings. The summed E-state index contributed by atoms with van der Waals surface area (Å²) in [6.45, 7) is 4.69. The number of carbonyl (C=O) groups excluding carboxylic acids is 2. The van der Waals surface area contributed by atoms with E-state index in [0.717, 1.165) is 31.5 Å². The van der Waals surface area contributed by atoms with Crippen molar-refractivity contribution < 1.29 is 14.3 Å². The van der Waals surface area contributed by atoms with Crippen LogP contribution in [0.4, 0.5) is 5.69 Å². The Balaban J connectivity index is 1.98. The Morgan fingerprint density at radius 2 is 2.05 bits per heavy atom. The van der Waals surface area contributed by atoms with Crippen molar-refractivity contribution in [2.75, 3.05) is 11.4 Å². The quantitative estimate of drug-likeness (QED) is 0.612. The van der Waals surface area contributed by atoms with Crippen LogP contribution in [0.3, 0.4) is 0 Å². The number of esters is 1. The molecule has 0 bridgehead atoms. The first-order chi connectivity index (χ1) is 9.61. The Hall–Kier alpha value is -1.84. The molecular weight excluding hydrogens is 254 g/mol. The Labute approximate surface area is 119 Å². The molecule has 1 heterocycles. The van der Waals surface area contributed by atoms with Gasteiger partial charge in [-0.1, -0.05) is 20.3 Å². The van der Waals surface area contributed by atoms with E-state index >= 15 is 0 Å². The van der Waals surface area contributed by atoms with Gasteiger partial charge in [-0.15, -0.1) is 0 Å². The SMILES string of the molecule is CCCC(C)C(=O)Oc1ccc(N2CCCC2=O)cc1. The van der Waals surface area contributed by atoms with Crippen LogP contribution in [-0.2, 0) is 9.59 Å². The van der Waals surface area contributed by atoms with Crippen LogP contribution in [0.15, 0.2) is 24.3 Å². The zero-order chi connectivity index (χ0) is 14.5. The van der Waals surface area contributed by atoms with Gasteiger partial charge in [0, 0.05) is 18.7 Å². The molecule has 1 atom stereocenters. The molecule has 108 valence electrons. The monoisotopic (exact) mass is 275 g/mol. The van der Waals surface area contributed by atoms with Crippen molar-refractivity contribution in [3.8, 4) is 5.75 Å². The lowest BCUT2D eigenvalue weighted by Crippen LogP contribution is -2.23. The van der Waals surface area contributed by atoms with Crippen molar-refractivity contribution in [1.82, 2.24) is 0 Å². The maximum absolute atomic E-state index is 11.8. The Bertz CT molecular complexity index is 481. The predicted molar refractivity (Wildman–Crippen MR) is 77.7 cm³/mol. The van der Waals surface area contributed by atoms with Gasteiger partial charge in [-0.3, -0.25) is 9.59 Å². The van der Waals surface area contributed by atoms with E-state index in [1.807, 2.05) is 26.0 Å². The highest BCUT2D eigenvalue weighted by Crippen LogP contribution is 2.24. The second-order valence-corrected chi connectivity index (χ2v) is 5.25. The van der Waals surface area contributed by atoms with Crippen LogP contribution < -0.4 is 9.64 Å². The third-order valence-electron chi connectivity index (χ3n) is 3.56. The third-order valence-corrected chi connectivity index (χ3v) is 3.56. The summed E-state index contributed by atoms with van der Waals surface area (Å²) < 4.78 is 5.33. The van der Waals surface area contributed by atoms with Crippen LogP contribution >= 0.6 is 0 Å². The smallest absolute Gasteiger partial charge is 0.314 e. The molecule has 20 heavy (non-hydrogen) atoms. The van der Waals surface area contributed by atoms with Gasteiger partial charge in [-0.2, -0.15) is 0 Å². The van der Waals surface area contributed by atoms with E-state index in [-0.39, 0.29) is 17.8 Å². The summed E-state index contributed by atoms with van der Waals surface area (Å²) in [5, 5.41) is 0. The molecule has 0 aromatic heterocycles. The predicted octanol–water partition coefficient (Wildman–Crippen LogP) is 3.16. The van der Waals surface area contributed by atoms with E-state index in [2.05, 4.69) is 0 Å². The van der Waals surface area contributed by atoms with Gasteiger partial charge >= 0.3 is 5.97 Å². The summed E-state index contributed by atoms with van der Waals surface area (Å²) in [5.74, 6) is 0.413. The van der Waals surface area contributed by atoms with Crippen molar-refractivity contribution in [2.24, 2.45) is 5.92 Å². The van der Waals surface area contributed by atoms with Crippen LogP contribution in [0.2, 0.25) is 0 Å². The van der Waals surface area contributed by atoms with E-state index in [9.17, 15) is 9.59 Å². The Kier molecular flexibility index (Phi) is 4.77. The van der Waals surface area contributed by atoms with Gasteiger partial charge in [0.05, 0.1) is 5.92 Å². The number of rotatable bonds is 5. The summed E-state index contributed by atoms with van der Waals surface area (Å²) in [6, 6.07) is 7.15. The molecule has 1 saturated heterocycles. The van der Waals surface area contributed by atoms with Gasteiger partial charge in [0.2, 0.25) is 5.91 Å². The average Bonchev–Trinajstić information content (AvgIpc) is 2.86. The molecule has 0 saturated carbocycles. The molecule has 1 amide bonds. The van der Waals surface area contributed by atoms with Crippen molar-refractivity contribution in [1.29, 1.82) is 0 Å². The minimum atomic E-state index is -0.197. The van der Waals surface area contributed by atoms with Crippen LogP contribution in [0, 0.1) is 5.92 Å². The Morgan fingerprint density at radius 1 is 1.35 bits per heavy atom. The molecule has 1 unspecified atom stereocenters. The van der Waals surface area contributed by atoms with Crippen molar-refractivity contribution >= 4 is 17.6 Å². The fourth-order valence-corrected chi connectivity index (χ4v) is 2.38. The number of carbonyl (C=O) groups is 2. The maximum atomic E-state index is 11.8. The minimum absolute atomic E-state index is 0.0835. The first kappa shape index (κ1) is 14.6. The van der Waals surface area contributed by atoms with Crippen molar-refractivity contribution in [2.45, 2.75) is 39.5 Å².